The maximum absolute atomic E-state index is 9.16. The van der Waals surface area contributed by atoms with Gasteiger partial charge < -0.3 is 10.8 Å². The second-order valence-corrected chi connectivity index (χ2v) is 4.35. The van der Waals surface area contributed by atoms with Crippen LogP contribution < -0.4 is 5.73 Å². The summed E-state index contributed by atoms with van der Waals surface area (Å²) in [6.45, 7) is 8.59. The summed E-state index contributed by atoms with van der Waals surface area (Å²) in [4.78, 5) is 2.34. The Kier molecular flexibility index (Phi) is 3.71. The van der Waals surface area contributed by atoms with Crippen LogP contribution in [0, 0.1) is 11.8 Å². The highest BCUT2D eigenvalue weighted by molar-refractivity contribution is 4.90. The SMILES string of the molecule is CC1CN(C(CN)CO)C(C)C1C. The predicted octanol–water partition coefficient (Wildman–Crippen LogP) is 0.282. The van der Waals surface area contributed by atoms with Crippen molar-refractivity contribution in [2.45, 2.75) is 32.9 Å². The fourth-order valence-corrected chi connectivity index (χ4v) is 2.24. The van der Waals surface area contributed by atoms with Crippen LogP contribution in [0.5, 0.6) is 0 Å². The molecule has 1 heterocycles. The lowest BCUT2D eigenvalue weighted by molar-refractivity contribution is 0.115. The molecule has 0 aromatic heterocycles. The summed E-state index contributed by atoms with van der Waals surface area (Å²) in [6.07, 6.45) is 0. The molecule has 1 rings (SSSR count). The van der Waals surface area contributed by atoms with Crippen LogP contribution in [-0.4, -0.2) is 41.8 Å². The van der Waals surface area contributed by atoms with Gasteiger partial charge in [0.15, 0.2) is 0 Å². The van der Waals surface area contributed by atoms with E-state index in [2.05, 4.69) is 25.7 Å². The molecule has 0 spiro atoms. The molecule has 3 nitrogen and oxygen atoms in total. The van der Waals surface area contributed by atoms with Gasteiger partial charge in [-0.1, -0.05) is 13.8 Å². The number of nitrogens with zero attached hydrogens (tertiary/aromatic N) is 1. The first-order chi connectivity index (χ1) is 6.11. The zero-order chi connectivity index (χ0) is 10.0. The highest BCUT2D eigenvalue weighted by Crippen LogP contribution is 2.30. The minimum atomic E-state index is 0.155. The fourth-order valence-electron chi connectivity index (χ4n) is 2.24. The second kappa shape index (κ2) is 4.40. The maximum atomic E-state index is 9.16. The molecule has 0 aliphatic carbocycles. The van der Waals surface area contributed by atoms with Crippen LogP contribution in [0.3, 0.4) is 0 Å². The number of aliphatic hydroxyl groups is 1. The molecule has 0 bridgehead atoms. The van der Waals surface area contributed by atoms with Crippen molar-refractivity contribution in [3.05, 3.63) is 0 Å². The number of nitrogens with two attached hydrogens (primary N) is 1. The summed E-state index contributed by atoms with van der Waals surface area (Å²) in [5.41, 5.74) is 5.61. The van der Waals surface area contributed by atoms with Crippen molar-refractivity contribution in [2.24, 2.45) is 17.6 Å². The first-order valence-electron chi connectivity index (χ1n) is 5.18. The summed E-state index contributed by atoms with van der Waals surface area (Å²) >= 11 is 0. The van der Waals surface area contributed by atoms with E-state index in [4.69, 9.17) is 10.8 Å². The van der Waals surface area contributed by atoms with Gasteiger partial charge in [-0.05, 0) is 18.8 Å². The van der Waals surface area contributed by atoms with Crippen LogP contribution in [-0.2, 0) is 0 Å². The van der Waals surface area contributed by atoms with Crippen molar-refractivity contribution in [3.8, 4) is 0 Å². The molecule has 0 amide bonds. The van der Waals surface area contributed by atoms with E-state index in [9.17, 15) is 0 Å². The monoisotopic (exact) mass is 186 g/mol. The fraction of sp³-hybridized carbons (Fsp3) is 1.00. The summed E-state index contributed by atoms with van der Waals surface area (Å²) in [6, 6.07) is 0.707. The Morgan fingerprint density at radius 3 is 2.38 bits per heavy atom. The Labute approximate surface area is 80.9 Å². The van der Waals surface area contributed by atoms with E-state index in [1.54, 1.807) is 0 Å². The highest BCUT2D eigenvalue weighted by Gasteiger charge is 2.36. The summed E-state index contributed by atoms with van der Waals surface area (Å²) in [5, 5.41) is 9.16. The van der Waals surface area contributed by atoms with Gasteiger partial charge in [-0.15, -0.1) is 0 Å². The van der Waals surface area contributed by atoms with Gasteiger partial charge in [0, 0.05) is 25.2 Å². The molecule has 1 saturated heterocycles. The van der Waals surface area contributed by atoms with E-state index in [0.717, 1.165) is 12.5 Å². The molecule has 3 heteroatoms. The number of hydrogen-bond acceptors (Lipinski definition) is 3. The third kappa shape index (κ3) is 2.03. The number of rotatable bonds is 3. The van der Waals surface area contributed by atoms with Gasteiger partial charge in [0.25, 0.3) is 0 Å². The van der Waals surface area contributed by atoms with E-state index < -0.39 is 0 Å². The molecule has 13 heavy (non-hydrogen) atoms. The van der Waals surface area contributed by atoms with E-state index in [1.165, 1.54) is 0 Å². The van der Waals surface area contributed by atoms with Gasteiger partial charge in [-0.2, -0.15) is 0 Å². The largest absolute Gasteiger partial charge is 0.395 e. The molecule has 4 unspecified atom stereocenters. The smallest absolute Gasteiger partial charge is 0.0599 e. The van der Waals surface area contributed by atoms with Crippen LogP contribution in [0.4, 0.5) is 0 Å². The van der Waals surface area contributed by atoms with Crippen LogP contribution in [0.1, 0.15) is 20.8 Å². The third-order valence-electron chi connectivity index (χ3n) is 3.63. The molecule has 78 valence electrons. The molecular formula is C10H22N2O. The first kappa shape index (κ1) is 11.0. The zero-order valence-corrected chi connectivity index (χ0v) is 8.90. The first-order valence-corrected chi connectivity index (χ1v) is 5.18. The standard InChI is InChI=1S/C10H22N2O/c1-7-5-12(9(3)8(7)2)10(4-11)6-13/h7-10,13H,4-6,11H2,1-3H3. The summed E-state index contributed by atoms with van der Waals surface area (Å²) in [7, 11) is 0. The Morgan fingerprint density at radius 2 is 2.08 bits per heavy atom. The molecule has 1 aliphatic rings. The number of likely N-dealkylation sites (tertiary alicyclic amines) is 1. The van der Waals surface area contributed by atoms with E-state index in [0.29, 0.717) is 18.5 Å². The molecule has 1 aliphatic heterocycles. The topological polar surface area (TPSA) is 49.5 Å². The van der Waals surface area contributed by atoms with Crippen LogP contribution in [0.25, 0.3) is 0 Å². The molecule has 3 N–H and O–H groups in total. The van der Waals surface area contributed by atoms with Gasteiger partial charge in [-0.25, -0.2) is 0 Å². The van der Waals surface area contributed by atoms with Crippen molar-refractivity contribution in [3.63, 3.8) is 0 Å². The minimum Gasteiger partial charge on any atom is -0.395 e. The lowest BCUT2D eigenvalue weighted by Crippen LogP contribution is -2.45. The summed E-state index contributed by atoms with van der Waals surface area (Å²) < 4.78 is 0. The maximum Gasteiger partial charge on any atom is 0.0599 e. The number of aliphatic hydroxyl groups excluding tert-OH is 1. The minimum absolute atomic E-state index is 0.155. The van der Waals surface area contributed by atoms with E-state index in [-0.39, 0.29) is 12.6 Å². The normalized spacial score (nSPS) is 38.1. The molecular weight excluding hydrogens is 164 g/mol. The van der Waals surface area contributed by atoms with Gasteiger partial charge in [0.05, 0.1) is 6.61 Å². The summed E-state index contributed by atoms with van der Waals surface area (Å²) in [5.74, 6) is 1.43. The second-order valence-electron chi connectivity index (χ2n) is 4.35. The van der Waals surface area contributed by atoms with Gasteiger partial charge >= 0.3 is 0 Å². The van der Waals surface area contributed by atoms with Crippen molar-refractivity contribution in [2.75, 3.05) is 19.7 Å². The van der Waals surface area contributed by atoms with E-state index in [1.807, 2.05) is 0 Å². The Morgan fingerprint density at radius 1 is 1.46 bits per heavy atom. The van der Waals surface area contributed by atoms with Crippen molar-refractivity contribution in [1.29, 1.82) is 0 Å². The molecule has 0 saturated carbocycles. The molecule has 0 radical (unpaired) electrons. The Bertz CT molecular complexity index is 157. The zero-order valence-electron chi connectivity index (χ0n) is 8.90. The Balaban J connectivity index is 2.61. The third-order valence-corrected chi connectivity index (χ3v) is 3.63. The predicted molar refractivity (Wildman–Crippen MR) is 54.4 cm³/mol. The van der Waals surface area contributed by atoms with Gasteiger partial charge in [-0.3, -0.25) is 4.90 Å². The Hall–Kier alpha value is -0.120. The quantitative estimate of drug-likeness (QED) is 0.666. The molecule has 4 atom stereocenters. The molecule has 0 aromatic carbocycles. The average Bonchev–Trinajstić information content (AvgIpc) is 2.36. The van der Waals surface area contributed by atoms with Gasteiger partial charge in [0.2, 0.25) is 0 Å². The lowest BCUT2D eigenvalue weighted by Gasteiger charge is -2.30. The molecule has 1 fully saturated rings. The van der Waals surface area contributed by atoms with Crippen molar-refractivity contribution in [1.82, 2.24) is 4.90 Å². The van der Waals surface area contributed by atoms with E-state index >= 15 is 0 Å². The highest BCUT2D eigenvalue weighted by atomic mass is 16.3. The average molecular weight is 186 g/mol. The van der Waals surface area contributed by atoms with Crippen molar-refractivity contribution < 1.29 is 5.11 Å². The molecule has 0 aromatic rings. The van der Waals surface area contributed by atoms with Crippen molar-refractivity contribution >= 4 is 0 Å². The van der Waals surface area contributed by atoms with Crippen LogP contribution in [0.15, 0.2) is 0 Å². The van der Waals surface area contributed by atoms with Crippen LogP contribution in [0.2, 0.25) is 0 Å². The number of hydrogen-bond donors (Lipinski definition) is 2. The van der Waals surface area contributed by atoms with Gasteiger partial charge in [0.1, 0.15) is 0 Å². The lowest BCUT2D eigenvalue weighted by atomic mass is 9.95. The van der Waals surface area contributed by atoms with Crippen LogP contribution >= 0.6 is 0 Å².